The highest BCUT2D eigenvalue weighted by Gasteiger charge is 2.12. The van der Waals surface area contributed by atoms with Crippen molar-refractivity contribution in [3.05, 3.63) is 40.9 Å². The van der Waals surface area contributed by atoms with Gasteiger partial charge in [-0.3, -0.25) is 4.90 Å². The van der Waals surface area contributed by atoms with Crippen LogP contribution in [0.5, 0.6) is 0 Å². The molecule has 112 valence electrons. The first-order valence-corrected chi connectivity index (χ1v) is 8.58. The molecule has 21 heavy (non-hydrogen) atoms. The summed E-state index contributed by atoms with van der Waals surface area (Å²) in [5, 5.41) is 6.72. The molecule has 3 nitrogen and oxygen atoms in total. The molecule has 2 aromatic rings. The fraction of sp³-hybridized carbons (Fsp3) is 0.471. The van der Waals surface area contributed by atoms with E-state index in [4.69, 9.17) is 4.98 Å². The number of hydrogen-bond acceptors (Lipinski definition) is 4. The van der Waals surface area contributed by atoms with Gasteiger partial charge in [-0.25, -0.2) is 4.98 Å². The number of rotatable bonds is 4. The van der Waals surface area contributed by atoms with E-state index in [1.54, 1.807) is 11.3 Å². The van der Waals surface area contributed by atoms with Gasteiger partial charge >= 0.3 is 0 Å². The number of thiazole rings is 1. The maximum Gasteiger partial charge on any atom is 0.123 e. The molecule has 1 saturated heterocycles. The maximum atomic E-state index is 4.81. The predicted molar refractivity (Wildman–Crippen MR) is 89.8 cm³/mol. The Kier molecular flexibility index (Phi) is 4.68. The summed E-state index contributed by atoms with van der Waals surface area (Å²) in [5.74, 6) is 0.582. The van der Waals surface area contributed by atoms with Crippen molar-refractivity contribution in [2.45, 2.75) is 26.3 Å². The predicted octanol–water partition coefficient (Wildman–Crippen LogP) is 3.34. The van der Waals surface area contributed by atoms with Crippen LogP contribution >= 0.6 is 11.3 Å². The quantitative estimate of drug-likeness (QED) is 0.939. The molecule has 0 unspecified atom stereocenters. The Balaban J connectivity index is 1.69. The highest BCUT2D eigenvalue weighted by molar-refractivity contribution is 7.13. The molecule has 0 atom stereocenters. The Morgan fingerprint density at radius 2 is 1.90 bits per heavy atom. The molecule has 1 fully saturated rings. The van der Waals surface area contributed by atoms with E-state index < -0.39 is 0 Å². The van der Waals surface area contributed by atoms with E-state index in [1.165, 1.54) is 16.8 Å². The third-order valence-electron chi connectivity index (χ3n) is 3.97. The molecular weight excluding hydrogens is 278 g/mol. The van der Waals surface area contributed by atoms with Gasteiger partial charge in [0.15, 0.2) is 0 Å². The third kappa shape index (κ3) is 3.70. The fourth-order valence-electron chi connectivity index (χ4n) is 2.62. The van der Waals surface area contributed by atoms with E-state index in [2.05, 4.69) is 53.7 Å². The molecule has 1 aromatic heterocycles. The van der Waals surface area contributed by atoms with Crippen LogP contribution in [-0.4, -0.2) is 36.1 Å². The first-order valence-electron chi connectivity index (χ1n) is 7.70. The minimum Gasteiger partial charge on any atom is -0.314 e. The van der Waals surface area contributed by atoms with Gasteiger partial charge in [-0.15, -0.1) is 11.3 Å². The molecule has 2 heterocycles. The zero-order valence-corrected chi connectivity index (χ0v) is 13.6. The van der Waals surface area contributed by atoms with Crippen LogP contribution < -0.4 is 5.32 Å². The lowest BCUT2D eigenvalue weighted by Crippen LogP contribution is -2.42. The first kappa shape index (κ1) is 14.7. The number of piperazine rings is 1. The Hall–Kier alpha value is -1.23. The highest BCUT2D eigenvalue weighted by atomic mass is 32.1. The van der Waals surface area contributed by atoms with Gasteiger partial charge in [0.1, 0.15) is 5.01 Å². The minimum absolute atomic E-state index is 0.582. The van der Waals surface area contributed by atoms with Crippen molar-refractivity contribution in [1.82, 2.24) is 15.2 Å². The smallest absolute Gasteiger partial charge is 0.123 e. The van der Waals surface area contributed by atoms with Gasteiger partial charge in [0.25, 0.3) is 0 Å². The molecule has 1 aliphatic heterocycles. The summed E-state index contributed by atoms with van der Waals surface area (Å²) in [6.45, 7) is 9.85. The van der Waals surface area contributed by atoms with Crippen molar-refractivity contribution in [2.24, 2.45) is 0 Å². The SMILES string of the molecule is CC(C)c1ccc(-c2nc(CN3CCNCC3)cs2)cc1. The highest BCUT2D eigenvalue weighted by Crippen LogP contribution is 2.26. The van der Waals surface area contributed by atoms with Gasteiger partial charge in [0.05, 0.1) is 5.69 Å². The van der Waals surface area contributed by atoms with Gasteiger partial charge in [0.2, 0.25) is 0 Å². The molecule has 3 rings (SSSR count). The summed E-state index contributed by atoms with van der Waals surface area (Å²) in [6.07, 6.45) is 0. The second-order valence-corrected chi connectivity index (χ2v) is 6.80. The lowest BCUT2D eigenvalue weighted by atomic mass is 10.0. The fourth-order valence-corrected chi connectivity index (χ4v) is 3.44. The second kappa shape index (κ2) is 6.69. The Bertz CT molecular complexity index is 568. The number of nitrogens with zero attached hydrogens (tertiary/aromatic N) is 2. The second-order valence-electron chi connectivity index (χ2n) is 5.95. The molecule has 4 heteroatoms. The summed E-state index contributed by atoms with van der Waals surface area (Å²) >= 11 is 1.75. The molecular formula is C17H23N3S. The van der Waals surface area contributed by atoms with Crippen LogP contribution in [0.2, 0.25) is 0 Å². The van der Waals surface area contributed by atoms with Crippen molar-refractivity contribution in [2.75, 3.05) is 26.2 Å². The number of aromatic nitrogens is 1. The molecule has 0 bridgehead atoms. The van der Waals surface area contributed by atoms with Crippen LogP contribution in [0.4, 0.5) is 0 Å². The monoisotopic (exact) mass is 301 g/mol. The van der Waals surface area contributed by atoms with Crippen LogP contribution in [0.25, 0.3) is 10.6 Å². The largest absolute Gasteiger partial charge is 0.314 e. The minimum atomic E-state index is 0.582. The maximum absolute atomic E-state index is 4.81. The van der Waals surface area contributed by atoms with Crippen molar-refractivity contribution in [1.29, 1.82) is 0 Å². The molecule has 0 amide bonds. The number of hydrogen-bond donors (Lipinski definition) is 1. The average molecular weight is 301 g/mol. The van der Waals surface area contributed by atoms with Gasteiger partial charge < -0.3 is 5.32 Å². The summed E-state index contributed by atoms with van der Waals surface area (Å²) in [5.41, 5.74) is 3.82. The van der Waals surface area contributed by atoms with Crippen LogP contribution in [0.15, 0.2) is 29.6 Å². The molecule has 1 aliphatic rings. The van der Waals surface area contributed by atoms with Crippen molar-refractivity contribution >= 4 is 11.3 Å². The third-order valence-corrected chi connectivity index (χ3v) is 4.91. The van der Waals surface area contributed by atoms with Crippen LogP contribution in [0.1, 0.15) is 31.0 Å². The zero-order valence-electron chi connectivity index (χ0n) is 12.8. The van der Waals surface area contributed by atoms with Crippen LogP contribution in [0, 0.1) is 0 Å². The number of benzene rings is 1. The normalized spacial score (nSPS) is 16.5. The Labute approximate surface area is 131 Å². The average Bonchev–Trinajstić information content (AvgIpc) is 2.97. The van der Waals surface area contributed by atoms with Crippen molar-refractivity contribution < 1.29 is 0 Å². The summed E-state index contributed by atoms with van der Waals surface area (Å²) in [4.78, 5) is 7.27. The lowest BCUT2D eigenvalue weighted by molar-refractivity contribution is 0.231. The molecule has 0 aliphatic carbocycles. The van der Waals surface area contributed by atoms with Crippen LogP contribution in [-0.2, 0) is 6.54 Å². The van der Waals surface area contributed by atoms with E-state index >= 15 is 0 Å². The first-order chi connectivity index (χ1) is 10.2. The molecule has 0 spiro atoms. The molecule has 0 saturated carbocycles. The standard InChI is InChI=1S/C17H23N3S/c1-13(2)14-3-5-15(6-4-14)17-19-16(12-21-17)11-20-9-7-18-8-10-20/h3-6,12-13,18H,7-11H2,1-2H3. The van der Waals surface area contributed by atoms with Gasteiger partial charge in [0, 0.05) is 43.7 Å². The van der Waals surface area contributed by atoms with E-state index in [1.807, 2.05) is 0 Å². The van der Waals surface area contributed by atoms with E-state index in [9.17, 15) is 0 Å². The van der Waals surface area contributed by atoms with E-state index in [0.29, 0.717) is 5.92 Å². The molecule has 1 N–H and O–H groups in total. The summed E-state index contributed by atoms with van der Waals surface area (Å²) < 4.78 is 0. The van der Waals surface area contributed by atoms with Crippen molar-refractivity contribution in [3.8, 4) is 10.6 Å². The molecule has 1 aromatic carbocycles. The van der Waals surface area contributed by atoms with Gasteiger partial charge in [-0.2, -0.15) is 0 Å². The number of nitrogens with one attached hydrogen (secondary N) is 1. The van der Waals surface area contributed by atoms with E-state index in [-0.39, 0.29) is 0 Å². The lowest BCUT2D eigenvalue weighted by Gasteiger charge is -2.26. The Morgan fingerprint density at radius 1 is 1.19 bits per heavy atom. The van der Waals surface area contributed by atoms with Gasteiger partial charge in [-0.05, 0) is 11.5 Å². The van der Waals surface area contributed by atoms with Crippen LogP contribution in [0.3, 0.4) is 0 Å². The van der Waals surface area contributed by atoms with Gasteiger partial charge in [-0.1, -0.05) is 38.1 Å². The topological polar surface area (TPSA) is 28.2 Å². The van der Waals surface area contributed by atoms with Crippen molar-refractivity contribution in [3.63, 3.8) is 0 Å². The van der Waals surface area contributed by atoms with E-state index in [0.717, 1.165) is 37.7 Å². The Morgan fingerprint density at radius 3 is 2.57 bits per heavy atom. The summed E-state index contributed by atoms with van der Waals surface area (Å²) in [6, 6.07) is 8.83. The summed E-state index contributed by atoms with van der Waals surface area (Å²) in [7, 11) is 0. The molecule has 0 radical (unpaired) electrons. The zero-order chi connectivity index (χ0) is 14.7.